The van der Waals surface area contributed by atoms with E-state index in [-0.39, 0.29) is 17.7 Å². The average Bonchev–Trinajstić information content (AvgIpc) is 2.55. The predicted octanol–water partition coefficient (Wildman–Crippen LogP) is 0.643. The first-order chi connectivity index (χ1) is 10.7. The molecule has 0 unspecified atom stereocenters. The molecule has 1 aromatic carbocycles. The van der Waals surface area contributed by atoms with Crippen molar-refractivity contribution in [3.8, 4) is 11.5 Å². The van der Waals surface area contributed by atoms with E-state index in [1.54, 1.807) is 0 Å². The molecule has 6 nitrogen and oxygen atoms in total. The topological polar surface area (TPSA) is 76.7 Å². The number of rotatable bonds is 4. The summed E-state index contributed by atoms with van der Waals surface area (Å²) in [7, 11) is 0. The van der Waals surface area contributed by atoms with E-state index in [1.807, 2.05) is 18.2 Å². The first-order valence-corrected chi connectivity index (χ1v) is 7.65. The highest BCUT2D eigenvalue weighted by Crippen LogP contribution is 2.30. The maximum Gasteiger partial charge on any atom is 0.224 e. The zero-order valence-electron chi connectivity index (χ0n) is 12.4. The monoisotopic (exact) mass is 304 g/mol. The van der Waals surface area contributed by atoms with Crippen LogP contribution in [0.3, 0.4) is 0 Å². The summed E-state index contributed by atoms with van der Waals surface area (Å²) < 4.78 is 11.0. The second kappa shape index (κ2) is 6.68. The maximum absolute atomic E-state index is 12.0. The second-order valence-electron chi connectivity index (χ2n) is 5.56. The fourth-order valence-electron chi connectivity index (χ4n) is 2.67. The molecule has 0 spiro atoms. The molecule has 6 heteroatoms. The molecule has 0 aromatic heterocycles. The molecule has 0 radical (unpaired) electrons. The fraction of sp³-hybridized carbons (Fsp3) is 0.500. The molecule has 3 rings (SSSR count). The largest absolute Gasteiger partial charge is 0.486 e. The Morgan fingerprint density at radius 3 is 2.86 bits per heavy atom. The van der Waals surface area contributed by atoms with Gasteiger partial charge < -0.3 is 20.1 Å². The lowest BCUT2D eigenvalue weighted by Crippen LogP contribution is -2.43. The van der Waals surface area contributed by atoms with Crippen molar-refractivity contribution >= 4 is 11.8 Å². The summed E-state index contributed by atoms with van der Waals surface area (Å²) >= 11 is 0. The molecule has 1 fully saturated rings. The van der Waals surface area contributed by atoms with Gasteiger partial charge in [0.25, 0.3) is 0 Å². The summed E-state index contributed by atoms with van der Waals surface area (Å²) in [5.74, 6) is 1.47. The Labute approximate surface area is 129 Å². The number of benzene rings is 1. The number of hydrogen-bond donors (Lipinski definition) is 2. The normalized spacial score (nSPS) is 20.2. The van der Waals surface area contributed by atoms with Gasteiger partial charge in [-0.1, -0.05) is 6.07 Å². The van der Waals surface area contributed by atoms with Crippen LogP contribution < -0.4 is 20.1 Å². The number of fused-ring (bicyclic) bond motifs is 1. The molecule has 1 aromatic rings. The third-order valence-electron chi connectivity index (χ3n) is 3.96. The second-order valence-corrected chi connectivity index (χ2v) is 5.56. The van der Waals surface area contributed by atoms with E-state index in [0.717, 1.165) is 23.5 Å². The smallest absolute Gasteiger partial charge is 0.224 e. The fourth-order valence-corrected chi connectivity index (χ4v) is 2.67. The Kier molecular flexibility index (Phi) is 4.46. The van der Waals surface area contributed by atoms with Crippen LogP contribution in [0.15, 0.2) is 18.2 Å². The number of hydrogen-bond acceptors (Lipinski definition) is 4. The molecule has 22 heavy (non-hydrogen) atoms. The van der Waals surface area contributed by atoms with E-state index in [0.29, 0.717) is 39.1 Å². The average molecular weight is 304 g/mol. The van der Waals surface area contributed by atoms with Crippen molar-refractivity contribution in [3.05, 3.63) is 23.8 Å². The van der Waals surface area contributed by atoms with Crippen molar-refractivity contribution in [1.29, 1.82) is 0 Å². The van der Waals surface area contributed by atoms with Gasteiger partial charge in [-0.05, 0) is 30.5 Å². The number of piperidine rings is 1. The van der Waals surface area contributed by atoms with E-state index >= 15 is 0 Å². The molecule has 2 amide bonds. The highest BCUT2D eigenvalue weighted by atomic mass is 16.6. The van der Waals surface area contributed by atoms with Crippen molar-refractivity contribution in [2.75, 3.05) is 26.3 Å². The van der Waals surface area contributed by atoms with Crippen LogP contribution in [-0.4, -0.2) is 38.1 Å². The minimum absolute atomic E-state index is 0.0116. The van der Waals surface area contributed by atoms with E-state index in [1.165, 1.54) is 0 Å². The maximum atomic E-state index is 12.0. The number of carbonyl (C=O) groups excluding carboxylic acids is 2. The SMILES string of the molecule is O=C1CC[C@H](C(=O)NCCc2ccc3c(c2)OCCO3)CN1. The van der Waals surface area contributed by atoms with Gasteiger partial charge in [-0.15, -0.1) is 0 Å². The van der Waals surface area contributed by atoms with E-state index in [4.69, 9.17) is 9.47 Å². The van der Waals surface area contributed by atoms with E-state index < -0.39 is 0 Å². The third-order valence-corrected chi connectivity index (χ3v) is 3.96. The van der Waals surface area contributed by atoms with Gasteiger partial charge in [0.15, 0.2) is 11.5 Å². The van der Waals surface area contributed by atoms with Crippen LogP contribution in [0.5, 0.6) is 11.5 Å². The Hall–Kier alpha value is -2.24. The molecule has 0 bridgehead atoms. The Morgan fingerprint density at radius 2 is 2.09 bits per heavy atom. The zero-order chi connectivity index (χ0) is 15.4. The minimum atomic E-state index is -0.113. The molecule has 0 saturated carbocycles. The molecule has 2 aliphatic rings. The van der Waals surface area contributed by atoms with Crippen LogP contribution >= 0.6 is 0 Å². The molecule has 1 saturated heterocycles. The Balaban J connectivity index is 1.46. The summed E-state index contributed by atoms with van der Waals surface area (Å²) in [5, 5.41) is 5.66. The number of nitrogens with one attached hydrogen (secondary N) is 2. The predicted molar refractivity (Wildman–Crippen MR) is 79.9 cm³/mol. The van der Waals surface area contributed by atoms with Crippen molar-refractivity contribution in [1.82, 2.24) is 10.6 Å². The summed E-state index contributed by atoms with van der Waals surface area (Å²) in [5.41, 5.74) is 1.10. The van der Waals surface area contributed by atoms with Crippen molar-refractivity contribution in [3.63, 3.8) is 0 Å². The van der Waals surface area contributed by atoms with Gasteiger partial charge in [0.05, 0.1) is 5.92 Å². The van der Waals surface area contributed by atoms with Crippen LogP contribution in [0.1, 0.15) is 18.4 Å². The Morgan fingerprint density at radius 1 is 1.27 bits per heavy atom. The highest BCUT2D eigenvalue weighted by Gasteiger charge is 2.23. The number of carbonyl (C=O) groups is 2. The van der Waals surface area contributed by atoms with Gasteiger partial charge in [-0.25, -0.2) is 0 Å². The van der Waals surface area contributed by atoms with Gasteiger partial charge in [-0.3, -0.25) is 9.59 Å². The molecule has 1 atom stereocenters. The molecular formula is C16H20N2O4. The standard InChI is InChI=1S/C16H20N2O4/c19-15-4-2-12(10-18-15)16(20)17-6-5-11-1-3-13-14(9-11)22-8-7-21-13/h1,3,9,12H,2,4-8,10H2,(H,17,20)(H,18,19)/t12-/m0/s1. The lowest BCUT2D eigenvalue weighted by molar-refractivity contribution is -0.128. The highest BCUT2D eigenvalue weighted by molar-refractivity contribution is 5.83. The first kappa shape index (κ1) is 14.7. The summed E-state index contributed by atoms with van der Waals surface area (Å²) in [4.78, 5) is 23.1. The summed E-state index contributed by atoms with van der Waals surface area (Å²) in [6, 6.07) is 5.85. The summed E-state index contributed by atoms with van der Waals surface area (Å²) in [6.07, 6.45) is 1.80. The van der Waals surface area contributed by atoms with E-state index in [9.17, 15) is 9.59 Å². The quantitative estimate of drug-likeness (QED) is 0.856. The van der Waals surface area contributed by atoms with Gasteiger partial charge >= 0.3 is 0 Å². The third kappa shape index (κ3) is 3.50. The van der Waals surface area contributed by atoms with Gasteiger partial charge in [-0.2, -0.15) is 0 Å². The van der Waals surface area contributed by atoms with Crippen molar-refractivity contribution in [2.24, 2.45) is 5.92 Å². The molecule has 2 heterocycles. The first-order valence-electron chi connectivity index (χ1n) is 7.65. The number of ether oxygens (including phenoxy) is 2. The number of amides is 2. The van der Waals surface area contributed by atoms with Crippen LogP contribution in [0, 0.1) is 5.92 Å². The molecule has 0 aliphatic carbocycles. The van der Waals surface area contributed by atoms with Crippen LogP contribution in [-0.2, 0) is 16.0 Å². The van der Waals surface area contributed by atoms with Crippen molar-refractivity contribution < 1.29 is 19.1 Å². The molecule has 2 N–H and O–H groups in total. The minimum Gasteiger partial charge on any atom is -0.486 e. The van der Waals surface area contributed by atoms with Gasteiger partial charge in [0.2, 0.25) is 11.8 Å². The summed E-state index contributed by atoms with van der Waals surface area (Å²) in [6.45, 7) is 2.17. The molecule has 118 valence electrons. The van der Waals surface area contributed by atoms with Crippen LogP contribution in [0.2, 0.25) is 0 Å². The molecular weight excluding hydrogens is 284 g/mol. The lowest BCUT2D eigenvalue weighted by atomic mass is 9.98. The van der Waals surface area contributed by atoms with Gasteiger partial charge in [0.1, 0.15) is 13.2 Å². The van der Waals surface area contributed by atoms with Gasteiger partial charge in [0, 0.05) is 19.5 Å². The Bertz CT molecular complexity index is 563. The molecule has 2 aliphatic heterocycles. The van der Waals surface area contributed by atoms with E-state index in [2.05, 4.69) is 10.6 Å². The lowest BCUT2D eigenvalue weighted by Gasteiger charge is -2.21. The van der Waals surface area contributed by atoms with Crippen LogP contribution in [0.25, 0.3) is 0 Å². The van der Waals surface area contributed by atoms with Crippen LogP contribution in [0.4, 0.5) is 0 Å². The van der Waals surface area contributed by atoms with Crippen molar-refractivity contribution in [2.45, 2.75) is 19.3 Å². The zero-order valence-corrected chi connectivity index (χ0v) is 12.4.